The Labute approximate surface area is 115 Å². The minimum Gasteiger partial charge on any atom is -0.256 e. The molecule has 0 aliphatic heterocycles. The van der Waals surface area contributed by atoms with E-state index in [0.717, 1.165) is 22.1 Å². The predicted molar refractivity (Wildman–Crippen MR) is 71.5 cm³/mol. The van der Waals surface area contributed by atoms with Crippen LogP contribution in [0.4, 0.5) is 13.2 Å². The number of alkyl halides is 3. The molecule has 0 N–H and O–H groups in total. The van der Waals surface area contributed by atoms with Crippen LogP contribution in [0.2, 0.25) is 0 Å². The lowest BCUT2D eigenvalue weighted by Gasteiger charge is -2.09. The molecule has 1 aromatic heterocycles. The molecule has 0 saturated heterocycles. The third-order valence-electron chi connectivity index (χ3n) is 4.12. The van der Waals surface area contributed by atoms with E-state index >= 15 is 0 Å². The van der Waals surface area contributed by atoms with Gasteiger partial charge in [-0.05, 0) is 35.8 Å². The number of benzene rings is 1. The van der Waals surface area contributed by atoms with Gasteiger partial charge in [0, 0.05) is 5.39 Å². The molecule has 2 aromatic rings. The molecule has 20 heavy (non-hydrogen) atoms. The van der Waals surface area contributed by atoms with Crippen molar-refractivity contribution in [2.24, 2.45) is 11.8 Å². The highest BCUT2D eigenvalue weighted by Crippen LogP contribution is 2.52. The third kappa shape index (κ3) is 2.53. The summed E-state index contributed by atoms with van der Waals surface area (Å²) in [6.45, 7) is 3.35. The molecule has 108 valence electrons. The van der Waals surface area contributed by atoms with Gasteiger partial charge in [0.2, 0.25) is 0 Å². The van der Waals surface area contributed by atoms with Gasteiger partial charge in [-0.15, -0.1) is 0 Å². The van der Waals surface area contributed by atoms with E-state index in [9.17, 15) is 13.2 Å². The first kappa shape index (κ1) is 13.5. The van der Waals surface area contributed by atoms with E-state index in [1.807, 2.05) is 18.2 Å². The first-order valence-electron chi connectivity index (χ1n) is 6.87. The average Bonchev–Trinajstić information content (AvgIpc) is 3.06. The van der Waals surface area contributed by atoms with Crippen LogP contribution in [0.25, 0.3) is 10.9 Å². The summed E-state index contributed by atoms with van der Waals surface area (Å²) in [7, 11) is 0. The van der Waals surface area contributed by atoms with Gasteiger partial charge in [0.15, 0.2) is 0 Å². The summed E-state index contributed by atoms with van der Waals surface area (Å²) in [6.07, 6.45) is -1.61. The highest BCUT2D eigenvalue weighted by Gasteiger charge is 2.40. The number of hydrogen-bond acceptors (Lipinski definition) is 1. The second-order valence-corrected chi connectivity index (χ2v) is 5.99. The highest BCUT2D eigenvalue weighted by molar-refractivity contribution is 5.79. The van der Waals surface area contributed by atoms with E-state index < -0.39 is 12.7 Å². The highest BCUT2D eigenvalue weighted by atomic mass is 19.4. The van der Waals surface area contributed by atoms with Crippen LogP contribution in [0, 0.1) is 11.8 Å². The molecule has 2 atom stereocenters. The van der Waals surface area contributed by atoms with Crippen molar-refractivity contribution < 1.29 is 13.2 Å². The molecule has 1 fully saturated rings. The lowest BCUT2D eigenvalue weighted by molar-refractivity contribution is -0.141. The van der Waals surface area contributed by atoms with Crippen molar-refractivity contribution in [2.45, 2.75) is 38.9 Å². The largest absolute Gasteiger partial charge is 0.408 e. The number of aromatic nitrogens is 2. The Morgan fingerprint density at radius 3 is 2.70 bits per heavy atom. The van der Waals surface area contributed by atoms with Gasteiger partial charge in [-0.1, -0.05) is 26.0 Å². The maximum atomic E-state index is 12.5. The van der Waals surface area contributed by atoms with E-state index in [1.54, 1.807) is 0 Å². The van der Waals surface area contributed by atoms with Gasteiger partial charge in [0.05, 0.1) is 11.7 Å². The van der Waals surface area contributed by atoms with Crippen molar-refractivity contribution in [1.82, 2.24) is 9.78 Å². The van der Waals surface area contributed by atoms with Gasteiger partial charge >= 0.3 is 6.18 Å². The molecule has 5 heteroatoms. The summed E-state index contributed by atoms with van der Waals surface area (Å²) in [5.74, 6) is 1.77. The number of nitrogens with zero attached hydrogens (tertiary/aromatic N) is 2. The van der Waals surface area contributed by atoms with Crippen LogP contribution >= 0.6 is 0 Å². The van der Waals surface area contributed by atoms with E-state index in [1.165, 1.54) is 6.20 Å². The summed E-state index contributed by atoms with van der Waals surface area (Å²) < 4.78 is 38.6. The zero-order valence-electron chi connectivity index (χ0n) is 11.5. The smallest absolute Gasteiger partial charge is 0.256 e. The van der Waals surface area contributed by atoms with Crippen molar-refractivity contribution >= 4 is 10.9 Å². The van der Waals surface area contributed by atoms with Crippen molar-refractivity contribution in [3.8, 4) is 0 Å². The van der Waals surface area contributed by atoms with Gasteiger partial charge in [-0.3, -0.25) is 4.68 Å². The molecule has 1 heterocycles. The Bertz CT molecular complexity index is 628. The van der Waals surface area contributed by atoms with E-state index in [0.29, 0.717) is 23.3 Å². The average molecular weight is 282 g/mol. The second kappa shape index (κ2) is 4.50. The molecule has 0 spiro atoms. The zero-order valence-corrected chi connectivity index (χ0v) is 11.5. The molecule has 2 nitrogen and oxygen atoms in total. The number of fused-ring (bicyclic) bond motifs is 1. The minimum atomic E-state index is -4.24. The lowest BCUT2D eigenvalue weighted by atomic mass is 10.0. The van der Waals surface area contributed by atoms with E-state index in [4.69, 9.17) is 0 Å². The summed E-state index contributed by atoms with van der Waals surface area (Å²) in [5.41, 5.74) is 1.72. The molecule has 0 amide bonds. The quantitative estimate of drug-likeness (QED) is 0.818. The first-order valence-corrected chi connectivity index (χ1v) is 6.87. The fourth-order valence-corrected chi connectivity index (χ4v) is 2.95. The summed E-state index contributed by atoms with van der Waals surface area (Å²) >= 11 is 0. The summed E-state index contributed by atoms with van der Waals surface area (Å²) in [6, 6.07) is 5.77. The fraction of sp³-hybridized carbons (Fsp3) is 0.533. The number of hydrogen-bond donors (Lipinski definition) is 0. The molecule has 0 unspecified atom stereocenters. The van der Waals surface area contributed by atoms with Gasteiger partial charge in [0.25, 0.3) is 0 Å². The van der Waals surface area contributed by atoms with Gasteiger partial charge < -0.3 is 0 Å². The Hall–Kier alpha value is -1.52. The predicted octanol–water partition coefficient (Wildman–Crippen LogP) is 4.36. The maximum Gasteiger partial charge on any atom is 0.408 e. The van der Waals surface area contributed by atoms with Crippen LogP contribution < -0.4 is 0 Å². The normalized spacial score (nSPS) is 22.7. The van der Waals surface area contributed by atoms with Crippen LogP contribution in [0.5, 0.6) is 0 Å². The number of halogens is 3. The topological polar surface area (TPSA) is 17.8 Å². The number of rotatable bonds is 3. The van der Waals surface area contributed by atoms with Crippen molar-refractivity contribution in [1.29, 1.82) is 0 Å². The van der Waals surface area contributed by atoms with E-state index in [-0.39, 0.29) is 0 Å². The zero-order chi connectivity index (χ0) is 14.5. The molecule has 0 bridgehead atoms. The molecule has 3 rings (SSSR count). The molecular formula is C15H17F3N2. The first-order chi connectivity index (χ1) is 9.35. The third-order valence-corrected chi connectivity index (χ3v) is 4.12. The standard InChI is InChI=1S/C15H17F3N2/c1-9(2)12-6-13(12)10-3-4-11-7-19-20(14(11)5-10)8-15(16,17)18/h3-5,7,9,12-13H,6,8H2,1-2H3/t12-,13-/m1/s1. The second-order valence-electron chi connectivity index (χ2n) is 5.99. The Balaban J connectivity index is 1.92. The van der Waals surface area contributed by atoms with Gasteiger partial charge in [-0.2, -0.15) is 18.3 Å². The molecule has 0 radical (unpaired) electrons. The molecular weight excluding hydrogens is 265 g/mol. The summed E-state index contributed by atoms with van der Waals surface area (Å²) in [5, 5.41) is 4.62. The Morgan fingerprint density at radius 2 is 2.10 bits per heavy atom. The van der Waals surface area contributed by atoms with Crippen molar-refractivity contribution in [3.05, 3.63) is 30.0 Å². The van der Waals surface area contributed by atoms with Crippen molar-refractivity contribution in [3.63, 3.8) is 0 Å². The molecule has 1 aliphatic rings. The molecule has 1 aromatic carbocycles. The lowest BCUT2D eigenvalue weighted by Crippen LogP contribution is -2.18. The SMILES string of the molecule is CC(C)[C@H]1C[C@@H]1c1ccc2cnn(CC(F)(F)F)c2c1. The van der Waals surface area contributed by atoms with Crippen LogP contribution in [-0.4, -0.2) is 16.0 Å². The van der Waals surface area contributed by atoms with Crippen LogP contribution in [0.1, 0.15) is 31.7 Å². The fourth-order valence-electron chi connectivity index (χ4n) is 2.95. The Morgan fingerprint density at radius 1 is 1.35 bits per heavy atom. The van der Waals surface area contributed by atoms with Gasteiger partial charge in [0.1, 0.15) is 6.54 Å². The molecule has 1 saturated carbocycles. The van der Waals surface area contributed by atoms with Crippen LogP contribution in [-0.2, 0) is 6.54 Å². The minimum absolute atomic E-state index is 0.494. The van der Waals surface area contributed by atoms with E-state index in [2.05, 4.69) is 18.9 Å². The van der Waals surface area contributed by atoms with Crippen LogP contribution in [0.15, 0.2) is 24.4 Å². The summed E-state index contributed by atoms with van der Waals surface area (Å²) in [4.78, 5) is 0. The Kier molecular flexibility index (Phi) is 3.03. The van der Waals surface area contributed by atoms with Crippen molar-refractivity contribution in [2.75, 3.05) is 0 Å². The molecule has 1 aliphatic carbocycles. The maximum absolute atomic E-state index is 12.5. The van der Waals surface area contributed by atoms with Crippen LogP contribution in [0.3, 0.4) is 0 Å². The van der Waals surface area contributed by atoms with Gasteiger partial charge in [-0.25, -0.2) is 0 Å². The monoisotopic (exact) mass is 282 g/mol.